The smallest absolute Gasteiger partial charge is 0.253 e. The molecule has 0 aromatic heterocycles. The molecule has 6 rings (SSSR count). The van der Waals surface area contributed by atoms with Gasteiger partial charge in [-0.05, 0) is 61.4 Å². The molecule has 0 saturated carbocycles. The molecule has 4 aliphatic heterocycles. The fourth-order valence-corrected chi connectivity index (χ4v) is 7.35. The molecule has 0 bridgehead atoms. The second kappa shape index (κ2) is 12.0. The first-order valence-corrected chi connectivity index (χ1v) is 15.7. The van der Waals surface area contributed by atoms with Gasteiger partial charge in [-0.25, -0.2) is 0 Å². The Bertz CT molecular complexity index is 1480. The number of aliphatic hydroxyl groups excluding tert-OH is 1. The fraction of sp³-hybridized carbons (Fsp3) is 0.441. The van der Waals surface area contributed by atoms with E-state index in [0.29, 0.717) is 41.7 Å². The van der Waals surface area contributed by atoms with Crippen LogP contribution in [0.4, 0.5) is 11.4 Å². The molecule has 232 valence electrons. The summed E-state index contributed by atoms with van der Waals surface area (Å²) in [7, 11) is 0. The van der Waals surface area contributed by atoms with Crippen LogP contribution >= 0.6 is 11.6 Å². The zero-order valence-electron chi connectivity index (χ0n) is 25.1. The molecule has 2 saturated heterocycles. The summed E-state index contributed by atoms with van der Waals surface area (Å²) in [5, 5.41) is 11.2. The molecular formula is C34H38ClN3O6. The van der Waals surface area contributed by atoms with Gasteiger partial charge >= 0.3 is 0 Å². The summed E-state index contributed by atoms with van der Waals surface area (Å²) in [4.78, 5) is 48.6. The van der Waals surface area contributed by atoms with E-state index in [1.54, 1.807) is 34.1 Å². The number of anilines is 2. The molecule has 3 amide bonds. The number of hydrogen-bond acceptors (Lipinski definition) is 6. The third-order valence-corrected chi connectivity index (χ3v) is 9.79. The normalized spacial score (nSPS) is 29.2. The summed E-state index contributed by atoms with van der Waals surface area (Å²) in [5.41, 5.74) is -0.0865. The highest BCUT2D eigenvalue weighted by Gasteiger charge is 2.72. The lowest BCUT2D eigenvalue weighted by Gasteiger charge is -2.40. The van der Waals surface area contributed by atoms with E-state index < -0.39 is 35.6 Å². The lowest BCUT2D eigenvalue weighted by atomic mass is 9.77. The van der Waals surface area contributed by atoms with Crippen molar-refractivity contribution in [1.82, 2.24) is 4.90 Å². The first-order valence-electron chi connectivity index (χ1n) is 15.3. The number of aliphatic hydroxyl groups is 1. The number of likely N-dealkylation sites (tertiary alicyclic amines) is 1. The zero-order chi connectivity index (χ0) is 31.2. The Hall–Kier alpha value is -3.66. The van der Waals surface area contributed by atoms with Crippen LogP contribution in [0.1, 0.15) is 27.2 Å². The molecule has 2 aromatic rings. The van der Waals surface area contributed by atoms with Gasteiger partial charge in [0.1, 0.15) is 17.4 Å². The summed E-state index contributed by atoms with van der Waals surface area (Å²) in [6.07, 6.45) is 7.37. The molecule has 0 aliphatic carbocycles. The van der Waals surface area contributed by atoms with Crippen molar-refractivity contribution in [1.29, 1.82) is 0 Å². The molecule has 4 heterocycles. The third-order valence-electron chi connectivity index (χ3n) is 9.54. The van der Waals surface area contributed by atoms with E-state index in [1.165, 1.54) is 4.90 Å². The van der Waals surface area contributed by atoms with Gasteiger partial charge in [0.15, 0.2) is 0 Å². The summed E-state index contributed by atoms with van der Waals surface area (Å²) in [5.74, 6) is -2.16. The van der Waals surface area contributed by atoms with Crippen LogP contribution in [0.2, 0.25) is 5.02 Å². The van der Waals surface area contributed by atoms with Crippen molar-refractivity contribution < 1.29 is 29.0 Å². The Labute approximate surface area is 262 Å². The number of carbonyl (C=O) groups excluding carboxylic acids is 3. The third kappa shape index (κ3) is 4.82. The van der Waals surface area contributed by atoms with Gasteiger partial charge in [-0.1, -0.05) is 56.2 Å². The quantitative estimate of drug-likeness (QED) is 0.444. The van der Waals surface area contributed by atoms with Gasteiger partial charge in [-0.2, -0.15) is 0 Å². The molecule has 2 fully saturated rings. The van der Waals surface area contributed by atoms with Crippen molar-refractivity contribution in [3.8, 4) is 5.75 Å². The Morgan fingerprint density at radius 1 is 0.955 bits per heavy atom. The topological polar surface area (TPSA) is 99.6 Å². The molecule has 10 heteroatoms. The molecule has 0 radical (unpaired) electrons. The minimum atomic E-state index is -1.40. The second-order valence-electron chi connectivity index (χ2n) is 11.9. The highest BCUT2D eigenvalue weighted by molar-refractivity contribution is 6.30. The lowest BCUT2D eigenvalue weighted by molar-refractivity contribution is -0.145. The minimum absolute atomic E-state index is 0.107. The standard InChI is InChI=1S/C34H38ClN3O6/c1-4-21(3)26(20-39)38-30-33(42)37(23-11-9-22(35)10-12-23)19-7-17-34(30)29(32(38)41)28-27(44-34)8-6-18-36(31(28)40)24-13-15-25(16-14-24)43-5-2/h6-17,21,26-30,39H,4-5,18-20H2,1-3H3/t21-,26-,27+,28-,29-,30?,34-/m0/s1. The van der Waals surface area contributed by atoms with Crippen LogP contribution in [-0.4, -0.2) is 77.8 Å². The number of hydrogen-bond donors (Lipinski definition) is 1. The van der Waals surface area contributed by atoms with Gasteiger partial charge in [0.05, 0.1) is 37.2 Å². The molecule has 44 heavy (non-hydrogen) atoms. The van der Waals surface area contributed by atoms with Crippen molar-refractivity contribution in [2.24, 2.45) is 17.8 Å². The summed E-state index contributed by atoms with van der Waals surface area (Å²) in [6, 6.07) is 12.6. The Morgan fingerprint density at radius 3 is 2.23 bits per heavy atom. The van der Waals surface area contributed by atoms with Gasteiger partial charge in [0.25, 0.3) is 5.91 Å². The Kier molecular flexibility index (Phi) is 8.30. The highest BCUT2D eigenvalue weighted by Crippen LogP contribution is 2.54. The fourth-order valence-electron chi connectivity index (χ4n) is 7.22. The predicted molar refractivity (Wildman–Crippen MR) is 168 cm³/mol. The van der Waals surface area contributed by atoms with Gasteiger partial charge in [-0.15, -0.1) is 0 Å². The lowest BCUT2D eigenvalue weighted by Crippen LogP contribution is -2.59. The van der Waals surface area contributed by atoms with Crippen LogP contribution in [0.3, 0.4) is 0 Å². The van der Waals surface area contributed by atoms with Crippen LogP contribution in [0.5, 0.6) is 5.75 Å². The molecule has 1 N–H and O–H groups in total. The number of fused-ring (bicyclic) bond motifs is 2. The Morgan fingerprint density at radius 2 is 1.59 bits per heavy atom. The number of rotatable bonds is 8. The average molecular weight is 620 g/mol. The zero-order valence-corrected chi connectivity index (χ0v) is 25.9. The second-order valence-corrected chi connectivity index (χ2v) is 12.3. The van der Waals surface area contributed by atoms with E-state index >= 15 is 0 Å². The molecule has 1 spiro atoms. The maximum Gasteiger partial charge on any atom is 0.253 e. The van der Waals surface area contributed by atoms with Crippen LogP contribution in [0, 0.1) is 17.8 Å². The highest BCUT2D eigenvalue weighted by atomic mass is 35.5. The molecular weight excluding hydrogens is 582 g/mol. The van der Waals surface area contributed by atoms with Gasteiger partial charge in [0, 0.05) is 29.5 Å². The first-order chi connectivity index (χ1) is 21.2. The van der Waals surface area contributed by atoms with Crippen LogP contribution in [0.15, 0.2) is 72.8 Å². The summed E-state index contributed by atoms with van der Waals surface area (Å²) >= 11 is 6.14. The van der Waals surface area contributed by atoms with E-state index in [9.17, 15) is 19.5 Å². The van der Waals surface area contributed by atoms with Crippen LogP contribution in [0.25, 0.3) is 0 Å². The van der Waals surface area contributed by atoms with Crippen molar-refractivity contribution in [2.45, 2.75) is 51.0 Å². The van der Waals surface area contributed by atoms with E-state index in [4.69, 9.17) is 21.1 Å². The van der Waals surface area contributed by atoms with Crippen LogP contribution < -0.4 is 14.5 Å². The molecule has 2 aromatic carbocycles. The van der Waals surface area contributed by atoms with Crippen molar-refractivity contribution in [3.05, 3.63) is 77.9 Å². The van der Waals surface area contributed by atoms with Gasteiger partial charge in [0.2, 0.25) is 11.8 Å². The number of carbonyl (C=O) groups is 3. The molecule has 4 aliphatic rings. The minimum Gasteiger partial charge on any atom is -0.494 e. The number of ether oxygens (including phenoxy) is 2. The largest absolute Gasteiger partial charge is 0.494 e. The summed E-state index contributed by atoms with van der Waals surface area (Å²) in [6.45, 7) is 6.63. The van der Waals surface area contributed by atoms with E-state index in [1.807, 2.05) is 69.3 Å². The maximum atomic E-state index is 14.7. The summed E-state index contributed by atoms with van der Waals surface area (Å²) < 4.78 is 12.4. The molecule has 7 atom stereocenters. The average Bonchev–Trinajstić information content (AvgIpc) is 3.34. The van der Waals surface area contributed by atoms with Crippen molar-refractivity contribution in [2.75, 3.05) is 36.1 Å². The number of benzene rings is 2. The first kappa shape index (κ1) is 30.4. The van der Waals surface area contributed by atoms with Gasteiger partial charge < -0.3 is 29.3 Å². The van der Waals surface area contributed by atoms with Crippen molar-refractivity contribution >= 4 is 40.7 Å². The number of amides is 3. The number of nitrogens with zero attached hydrogens (tertiary/aromatic N) is 3. The van der Waals surface area contributed by atoms with E-state index in [-0.39, 0.29) is 36.8 Å². The van der Waals surface area contributed by atoms with Gasteiger partial charge in [-0.3, -0.25) is 14.4 Å². The SMILES string of the molecule is CCOc1ccc(N2CC=C[C@H]3O[C@]45C=CCN(c6ccc(Cl)cc6)C(=O)C4N([C@@H](CO)[C@@H](C)CC)C(=O)[C@@H]5[C@H]3C2=O)cc1. The predicted octanol–water partition coefficient (Wildman–Crippen LogP) is 4.23. The monoisotopic (exact) mass is 619 g/mol. The van der Waals surface area contributed by atoms with Crippen LogP contribution in [-0.2, 0) is 19.1 Å². The molecule has 9 nitrogen and oxygen atoms in total. The molecule has 1 unspecified atom stereocenters. The Balaban J connectivity index is 1.44. The van der Waals surface area contributed by atoms with E-state index in [2.05, 4.69) is 0 Å². The van der Waals surface area contributed by atoms with Crippen molar-refractivity contribution in [3.63, 3.8) is 0 Å². The maximum absolute atomic E-state index is 14.7. The number of halogens is 1. The van der Waals surface area contributed by atoms with E-state index in [0.717, 1.165) is 0 Å².